The lowest BCUT2D eigenvalue weighted by molar-refractivity contribution is -0.135. The molecule has 29 heavy (non-hydrogen) atoms. The maximum atomic E-state index is 12.8. The van der Waals surface area contributed by atoms with Crippen LogP contribution in [0, 0.1) is 6.92 Å². The molecule has 1 aliphatic rings. The van der Waals surface area contributed by atoms with Crippen molar-refractivity contribution in [1.29, 1.82) is 0 Å². The fourth-order valence-electron chi connectivity index (χ4n) is 3.46. The van der Waals surface area contributed by atoms with Crippen LogP contribution in [0.15, 0.2) is 54.6 Å². The summed E-state index contributed by atoms with van der Waals surface area (Å²) in [5.41, 5.74) is 2.99. The minimum absolute atomic E-state index is 0.000144. The van der Waals surface area contributed by atoms with Gasteiger partial charge in [-0.2, -0.15) is 4.68 Å². The highest BCUT2D eigenvalue weighted by atomic mass is 16.2. The number of benzene rings is 2. The first kappa shape index (κ1) is 18.8. The first-order chi connectivity index (χ1) is 14.1. The van der Waals surface area contributed by atoms with E-state index in [-0.39, 0.29) is 18.4 Å². The number of aryl methyl sites for hydroxylation is 1. The molecular formula is C21H22N6O2. The molecule has 0 spiro atoms. The summed E-state index contributed by atoms with van der Waals surface area (Å²) >= 11 is 0. The van der Waals surface area contributed by atoms with Gasteiger partial charge in [0.05, 0.1) is 12.2 Å². The monoisotopic (exact) mass is 390 g/mol. The molecule has 3 aromatic rings. The Morgan fingerprint density at radius 1 is 1.14 bits per heavy atom. The van der Waals surface area contributed by atoms with Crippen LogP contribution < -0.4 is 5.32 Å². The number of hydrogen-bond donors (Lipinski definition) is 1. The maximum absolute atomic E-state index is 12.8. The van der Waals surface area contributed by atoms with Gasteiger partial charge in [0.25, 0.3) is 0 Å². The standard InChI is InChI=1S/C21H22N6O2/c1-15-7-9-16(10-8-15)14-26-18(11-12-20(26)28)21(29)22-13-19-23-24-25-27(19)17-5-3-2-4-6-17/h2-10,18H,11-14H2,1H3,(H,22,29). The van der Waals surface area contributed by atoms with E-state index in [1.54, 1.807) is 9.58 Å². The molecule has 2 aromatic carbocycles. The van der Waals surface area contributed by atoms with Crippen LogP contribution in [-0.4, -0.2) is 43.0 Å². The second-order valence-electron chi connectivity index (χ2n) is 7.12. The molecule has 8 nitrogen and oxygen atoms in total. The van der Waals surface area contributed by atoms with Crippen LogP contribution in [0.1, 0.15) is 29.8 Å². The smallest absolute Gasteiger partial charge is 0.243 e. The zero-order valence-electron chi connectivity index (χ0n) is 16.2. The molecular weight excluding hydrogens is 368 g/mol. The van der Waals surface area contributed by atoms with Gasteiger partial charge in [-0.25, -0.2) is 0 Å². The molecule has 1 unspecified atom stereocenters. The molecule has 0 bridgehead atoms. The molecule has 0 radical (unpaired) electrons. The number of aromatic nitrogens is 4. The summed E-state index contributed by atoms with van der Waals surface area (Å²) in [4.78, 5) is 26.8. The van der Waals surface area contributed by atoms with Crippen LogP contribution in [0.4, 0.5) is 0 Å². The fraction of sp³-hybridized carbons (Fsp3) is 0.286. The van der Waals surface area contributed by atoms with E-state index in [0.29, 0.717) is 25.2 Å². The highest BCUT2D eigenvalue weighted by molar-refractivity contribution is 5.90. The number of para-hydroxylation sites is 1. The van der Waals surface area contributed by atoms with Gasteiger partial charge in [-0.15, -0.1) is 5.10 Å². The molecule has 0 saturated carbocycles. The normalized spacial score (nSPS) is 16.2. The van der Waals surface area contributed by atoms with Crippen molar-refractivity contribution in [2.45, 2.75) is 38.9 Å². The van der Waals surface area contributed by atoms with Crippen LogP contribution >= 0.6 is 0 Å². The highest BCUT2D eigenvalue weighted by Gasteiger charge is 2.35. The lowest BCUT2D eigenvalue weighted by Gasteiger charge is -2.24. The maximum Gasteiger partial charge on any atom is 0.243 e. The minimum atomic E-state index is -0.482. The zero-order chi connectivity index (χ0) is 20.2. The molecule has 2 amide bonds. The Hall–Kier alpha value is -3.55. The predicted octanol–water partition coefficient (Wildman–Crippen LogP) is 1.78. The molecule has 8 heteroatoms. The second-order valence-corrected chi connectivity index (χ2v) is 7.12. The second kappa shape index (κ2) is 8.22. The summed E-state index contributed by atoms with van der Waals surface area (Å²) in [7, 11) is 0. The van der Waals surface area contributed by atoms with Crippen molar-refractivity contribution in [3.05, 3.63) is 71.5 Å². The Labute approximate surface area is 168 Å². The first-order valence-corrected chi connectivity index (χ1v) is 9.57. The van der Waals surface area contributed by atoms with Crippen LogP contribution in [-0.2, 0) is 22.7 Å². The largest absolute Gasteiger partial charge is 0.347 e. The van der Waals surface area contributed by atoms with Crippen molar-refractivity contribution in [2.75, 3.05) is 0 Å². The number of amides is 2. The molecule has 0 aliphatic carbocycles. The molecule has 1 aliphatic heterocycles. The van der Waals surface area contributed by atoms with E-state index in [2.05, 4.69) is 20.8 Å². The van der Waals surface area contributed by atoms with Crippen LogP contribution in [0.2, 0.25) is 0 Å². The summed E-state index contributed by atoms with van der Waals surface area (Å²) < 4.78 is 1.59. The zero-order valence-corrected chi connectivity index (χ0v) is 16.2. The Bertz CT molecular complexity index is 1000. The summed E-state index contributed by atoms with van der Waals surface area (Å²) in [6.45, 7) is 2.63. The molecule has 4 rings (SSSR count). The topological polar surface area (TPSA) is 93.0 Å². The van der Waals surface area contributed by atoms with Crippen molar-refractivity contribution >= 4 is 11.8 Å². The number of rotatable bonds is 6. The van der Waals surface area contributed by atoms with Gasteiger partial charge in [-0.05, 0) is 41.5 Å². The van der Waals surface area contributed by atoms with Gasteiger partial charge in [0.1, 0.15) is 6.04 Å². The Balaban J connectivity index is 1.42. The quantitative estimate of drug-likeness (QED) is 0.693. The SMILES string of the molecule is Cc1ccc(CN2C(=O)CCC2C(=O)NCc2nnnn2-c2ccccc2)cc1. The predicted molar refractivity (Wildman–Crippen MR) is 106 cm³/mol. The first-order valence-electron chi connectivity index (χ1n) is 9.57. The number of tetrazole rings is 1. The Morgan fingerprint density at radius 2 is 1.90 bits per heavy atom. The van der Waals surface area contributed by atoms with Crippen molar-refractivity contribution in [3.63, 3.8) is 0 Å². The van der Waals surface area contributed by atoms with Gasteiger partial charge in [0.15, 0.2) is 5.82 Å². The number of carbonyl (C=O) groups excluding carboxylic acids is 2. The van der Waals surface area contributed by atoms with Crippen LogP contribution in [0.3, 0.4) is 0 Å². The third kappa shape index (κ3) is 4.16. The number of likely N-dealkylation sites (tertiary alicyclic amines) is 1. The number of nitrogens with one attached hydrogen (secondary N) is 1. The number of hydrogen-bond acceptors (Lipinski definition) is 5. The van der Waals surface area contributed by atoms with E-state index in [0.717, 1.165) is 16.8 Å². The number of carbonyl (C=O) groups is 2. The van der Waals surface area contributed by atoms with Crippen molar-refractivity contribution < 1.29 is 9.59 Å². The van der Waals surface area contributed by atoms with Crippen molar-refractivity contribution in [1.82, 2.24) is 30.4 Å². The van der Waals surface area contributed by atoms with Crippen molar-refractivity contribution in [2.24, 2.45) is 0 Å². The van der Waals surface area contributed by atoms with Gasteiger partial charge >= 0.3 is 0 Å². The molecule has 148 valence electrons. The van der Waals surface area contributed by atoms with Gasteiger partial charge in [-0.1, -0.05) is 48.0 Å². The summed E-state index contributed by atoms with van der Waals surface area (Å²) in [6, 6.07) is 17.0. The third-order valence-corrected chi connectivity index (χ3v) is 5.06. The minimum Gasteiger partial charge on any atom is -0.347 e. The molecule has 1 saturated heterocycles. The Morgan fingerprint density at radius 3 is 2.66 bits per heavy atom. The average Bonchev–Trinajstić information content (AvgIpc) is 3.36. The van der Waals surface area contributed by atoms with E-state index in [4.69, 9.17) is 0 Å². The lowest BCUT2D eigenvalue weighted by atomic mass is 10.1. The average molecular weight is 390 g/mol. The van der Waals surface area contributed by atoms with Crippen LogP contribution in [0.5, 0.6) is 0 Å². The fourth-order valence-corrected chi connectivity index (χ4v) is 3.46. The molecule has 1 aromatic heterocycles. The molecule has 1 N–H and O–H groups in total. The van der Waals surface area contributed by atoms with E-state index in [1.807, 2.05) is 61.5 Å². The molecule has 1 atom stereocenters. The van der Waals surface area contributed by atoms with E-state index < -0.39 is 6.04 Å². The van der Waals surface area contributed by atoms with Gasteiger partial charge in [-0.3, -0.25) is 9.59 Å². The van der Waals surface area contributed by atoms with Gasteiger partial charge < -0.3 is 10.2 Å². The van der Waals surface area contributed by atoms with Crippen molar-refractivity contribution in [3.8, 4) is 5.69 Å². The van der Waals surface area contributed by atoms with Gasteiger partial charge in [0.2, 0.25) is 11.8 Å². The summed E-state index contributed by atoms with van der Waals surface area (Å²) in [5, 5.41) is 14.6. The number of nitrogens with zero attached hydrogens (tertiary/aromatic N) is 5. The highest BCUT2D eigenvalue weighted by Crippen LogP contribution is 2.22. The van der Waals surface area contributed by atoms with E-state index >= 15 is 0 Å². The van der Waals surface area contributed by atoms with E-state index in [9.17, 15) is 9.59 Å². The summed E-state index contributed by atoms with van der Waals surface area (Å²) in [6.07, 6.45) is 0.895. The van der Waals surface area contributed by atoms with E-state index in [1.165, 1.54) is 0 Å². The van der Waals surface area contributed by atoms with Gasteiger partial charge in [0, 0.05) is 13.0 Å². The Kier molecular flexibility index (Phi) is 5.33. The molecule has 2 heterocycles. The summed E-state index contributed by atoms with van der Waals surface area (Å²) in [5.74, 6) is 0.337. The molecule has 1 fully saturated rings. The lowest BCUT2D eigenvalue weighted by Crippen LogP contribution is -2.44. The third-order valence-electron chi connectivity index (χ3n) is 5.06. The van der Waals surface area contributed by atoms with Crippen LogP contribution in [0.25, 0.3) is 5.69 Å².